The summed E-state index contributed by atoms with van der Waals surface area (Å²) in [6, 6.07) is 8.65. The summed E-state index contributed by atoms with van der Waals surface area (Å²) in [5.74, 6) is -0.770. The fourth-order valence-corrected chi connectivity index (χ4v) is 3.39. The lowest BCUT2D eigenvalue weighted by Crippen LogP contribution is -2.31. The molecule has 0 spiro atoms. The van der Waals surface area contributed by atoms with E-state index in [-0.39, 0.29) is 25.0 Å². The van der Waals surface area contributed by atoms with Crippen molar-refractivity contribution in [1.29, 1.82) is 0 Å². The average Bonchev–Trinajstić information content (AvgIpc) is 3.04. The number of hydrogen-bond donors (Lipinski definition) is 1. The highest BCUT2D eigenvalue weighted by Gasteiger charge is 2.14. The molecule has 0 saturated heterocycles. The molecule has 128 valence electrons. The highest BCUT2D eigenvalue weighted by Crippen LogP contribution is 2.25. The quantitative estimate of drug-likeness (QED) is 0.718. The smallest absolute Gasteiger partial charge is 0.306 e. The lowest BCUT2D eigenvalue weighted by molar-refractivity contribution is -0.148. The van der Waals surface area contributed by atoms with Crippen molar-refractivity contribution in [3.8, 4) is 0 Å². The lowest BCUT2D eigenvalue weighted by Gasteiger charge is -2.16. The van der Waals surface area contributed by atoms with Crippen LogP contribution in [0, 0.1) is 0 Å². The summed E-state index contributed by atoms with van der Waals surface area (Å²) in [5, 5.41) is 5.70. The van der Waals surface area contributed by atoms with E-state index in [2.05, 4.69) is 5.32 Å². The van der Waals surface area contributed by atoms with E-state index in [4.69, 9.17) is 27.9 Å². The molecule has 0 bridgehead atoms. The van der Waals surface area contributed by atoms with Crippen LogP contribution in [0.5, 0.6) is 0 Å². The second-order valence-corrected chi connectivity index (χ2v) is 7.07. The Kier molecular flexibility index (Phi) is 7.09. The summed E-state index contributed by atoms with van der Waals surface area (Å²) in [4.78, 5) is 24.7. The molecule has 0 unspecified atom stereocenters. The molecular weight excluding hydrogens is 369 g/mol. The zero-order valence-corrected chi connectivity index (χ0v) is 15.4. The zero-order valence-electron chi connectivity index (χ0n) is 13.1. The van der Waals surface area contributed by atoms with Crippen LogP contribution >= 0.6 is 34.5 Å². The van der Waals surface area contributed by atoms with E-state index < -0.39 is 5.97 Å². The zero-order chi connectivity index (χ0) is 17.5. The fourth-order valence-electron chi connectivity index (χ4n) is 2.11. The Bertz CT molecular complexity index is 704. The van der Waals surface area contributed by atoms with Crippen LogP contribution in [-0.4, -0.2) is 18.5 Å². The van der Waals surface area contributed by atoms with Crippen molar-refractivity contribution in [3.63, 3.8) is 0 Å². The molecule has 1 heterocycles. The normalized spacial score (nSPS) is 11.8. The maximum absolute atomic E-state index is 11.9. The number of halogens is 2. The number of thiophene rings is 1. The first-order valence-corrected chi connectivity index (χ1v) is 9.01. The van der Waals surface area contributed by atoms with Gasteiger partial charge in [-0.3, -0.25) is 9.59 Å². The molecule has 1 N–H and O–H groups in total. The molecule has 0 fully saturated rings. The van der Waals surface area contributed by atoms with Crippen LogP contribution in [0.1, 0.15) is 29.8 Å². The minimum absolute atomic E-state index is 0.256. The van der Waals surface area contributed by atoms with Gasteiger partial charge in [-0.15, -0.1) is 11.3 Å². The highest BCUT2D eigenvalue weighted by molar-refractivity contribution is 7.09. The number of amides is 1. The Morgan fingerprint density at radius 2 is 2.08 bits per heavy atom. The summed E-state index contributed by atoms with van der Waals surface area (Å²) >= 11 is 13.5. The molecule has 1 atom stereocenters. The van der Waals surface area contributed by atoms with E-state index in [1.807, 2.05) is 17.5 Å². The third-order valence-corrected chi connectivity index (χ3v) is 4.82. The number of benzene rings is 1. The molecule has 1 amide bonds. The maximum atomic E-state index is 11.9. The molecule has 0 saturated carbocycles. The second kappa shape index (κ2) is 9.06. The van der Waals surface area contributed by atoms with Crippen molar-refractivity contribution in [2.75, 3.05) is 6.61 Å². The Balaban J connectivity index is 1.75. The Hall–Kier alpha value is -1.56. The molecule has 0 aliphatic heterocycles. The Labute approximate surface area is 154 Å². The average molecular weight is 386 g/mol. The van der Waals surface area contributed by atoms with Crippen molar-refractivity contribution in [3.05, 3.63) is 56.2 Å². The maximum Gasteiger partial charge on any atom is 0.306 e. The van der Waals surface area contributed by atoms with Crippen LogP contribution in [0.3, 0.4) is 0 Å². The predicted molar refractivity (Wildman–Crippen MR) is 96.6 cm³/mol. The number of nitrogens with one attached hydrogen (secondary N) is 1. The van der Waals surface area contributed by atoms with Crippen molar-refractivity contribution in [2.24, 2.45) is 0 Å². The van der Waals surface area contributed by atoms with Gasteiger partial charge in [0.25, 0.3) is 5.91 Å². The molecule has 0 aliphatic carbocycles. The Morgan fingerprint density at radius 3 is 2.75 bits per heavy atom. The van der Waals surface area contributed by atoms with Crippen LogP contribution in [0.25, 0.3) is 0 Å². The standard InChI is InChI=1S/C17H17Cl2NO3S/c1-11(14-6-4-12(18)9-15(14)19)20-16(21)10-23-17(22)7-5-13-3-2-8-24-13/h2-4,6,8-9,11H,5,7,10H2,1H3,(H,20,21)/t11-/m0/s1. The topological polar surface area (TPSA) is 55.4 Å². The van der Waals surface area contributed by atoms with Gasteiger partial charge < -0.3 is 10.1 Å². The molecule has 0 aliphatic rings. The minimum atomic E-state index is -0.393. The summed E-state index contributed by atoms with van der Waals surface area (Å²) < 4.78 is 4.99. The molecule has 1 aromatic carbocycles. The number of hydrogen-bond acceptors (Lipinski definition) is 4. The molecule has 24 heavy (non-hydrogen) atoms. The minimum Gasteiger partial charge on any atom is -0.456 e. The van der Waals surface area contributed by atoms with Gasteiger partial charge >= 0.3 is 5.97 Å². The van der Waals surface area contributed by atoms with E-state index in [0.29, 0.717) is 16.5 Å². The van der Waals surface area contributed by atoms with Crippen molar-refractivity contribution < 1.29 is 14.3 Å². The fraction of sp³-hybridized carbons (Fsp3) is 0.294. The van der Waals surface area contributed by atoms with Gasteiger partial charge in [-0.2, -0.15) is 0 Å². The Morgan fingerprint density at radius 1 is 1.29 bits per heavy atom. The van der Waals surface area contributed by atoms with E-state index in [0.717, 1.165) is 10.4 Å². The van der Waals surface area contributed by atoms with Gasteiger partial charge in [0, 0.05) is 14.9 Å². The first kappa shape index (κ1) is 18.8. The van der Waals surface area contributed by atoms with Crippen molar-refractivity contribution in [2.45, 2.75) is 25.8 Å². The van der Waals surface area contributed by atoms with Gasteiger partial charge in [0.05, 0.1) is 12.5 Å². The van der Waals surface area contributed by atoms with Crippen LogP contribution < -0.4 is 5.32 Å². The van der Waals surface area contributed by atoms with Crippen LogP contribution in [0.2, 0.25) is 10.0 Å². The molecule has 0 radical (unpaired) electrons. The number of carbonyl (C=O) groups excluding carboxylic acids is 2. The highest BCUT2D eigenvalue weighted by atomic mass is 35.5. The molecule has 2 rings (SSSR count). The van der Waals surface area contributed by atoms with Crippen molar-refractivity contribution in [1.82, 2.24) is 5.32 Å². The molecule has 7 heteroatoms. The van der Waals surface area contributed by atoms with E-state index in [9.17, 15) is 9.59 Å². The van der Waals surface area contributed by atoms with Crippen LogP contribution in [0.15, 0.2) is 35.7 Å². The van der Waals surface area contributed by atoms with E-state index >= 15 is 0 Å². The number of esters is 1. The summed E-state index contributed by atoms with van der Waals surface area (Å²) in [6.07, 6.45) is 0.876. The first-order chi connectivity index (χ1) is 11.5. The van der Waals surface area contributed by atoms with Gasteiger partial charge in [0.1, 0.15) is 0 Å². The summed E-state index contributed by atoms with van der Waals surface area (Å²) in [7, 11) is 0. The van der Waals surface area contributed by atoms with Crippen LogP contribution in [0.4, 0.5) is 0 Å². The molecule has 1 aromatic heterocycles. The van der Waals surface area contributed by atoms with Crippen molar-refractivity contribution >= 4 is 46.4 Å². The summed E-state index contributed by atoms with van der Waals surface area (Å²) in [6.45, 7) is 1.49. The molecule has 4 nitrogen and oxygen atoms in total. The third-order valence-electron chi connectivity index (χ3n) is 3.33. The van der Waals surface area contributed by atoms with Gasteiger partial charge in [-0.1, -0.05) is 35.3 Å². The monoisotopic (exact) mass is 385 g/mol. The lowest BCUT2D eigenvalue weighted by atomic mass is 10.1. The SMILES string of the molecule is C[C@H](NC(=O)COC(=O)CCc1cccs1)c1ccc(Cl)cc1Cl. The predicted octanol–water partition coefficient (Wildman–Crippen LogP) is 4.41. The molecule has 2 aromatic rings. The van der Waals surface area contributed by atoms with E-state index in [1.165, 1.54) is 0 Å². The summed E-state index contributed by atoms with van der Waals surface area (Å²) in [5.41, 5.74) is 0.749. The van der Waals surface area contributed by atoms with Gasteiger partial charge in [0.2, 0.25) is 0 Å². The number of carbonyl (C=O) groups is 2. The third kappa shape index (κ3) is 5.82. The molecular formula is C17H17Cl2NO3S. The number of ether oxygens (including phenoxy) is 1. The largest absolute Gasteiger partial charge is 0.456 e. The second-order valence-electron chi connectivity index (χ2n) is 5.20. The van der Waals surface area contributed by atoms with Gasteiger partial charge in [-0.25, -0.2) is 0 Å². The number of aryl methyl sites for hydroxylation is 1. The van der Waals surface area contributed by atoms with Gasteiger partial charge in [0.15, 0.2) is 6.61 Å². The van der Waals surface area contributed by atoms with Gasteiger partial charge in [-0.05, 0) is 42.5 Å². The first-order valence-electron chi connectivity index (χ1n) is 7.38. The number of rotatable bonds is 7. The van der Waals surface area contributed by atoms with Crippen LogP contribution in [-0.2, 0) is 20.7 Å². The van der Waals surface area contributed by atoms with E-state index in [1.54, 1.807) is 36.5 Å².